The Hall–Kier alpha value is -0.510. The van der Waals surface area contributed by atoms with Crippen LogP contribution < -0.4 is 0 Å². The molecule has 0 aromatic rings. The van der Waals surface area contributed by atoms with Crippen LogP contribution >= 0.6 is 15.9 Å². The van der Waals surface area contributed by atoms with E-state index in [0.717, 1.165) is 0 Å². The van der Waals surface area contributed by atoms with Gasteiger partial charge in [0.25, 0.3) is 0 Å². The second-order valence-corrected chi connectivity index (χ2v) is 2.13. The van der Waals surface area contributed by atoms with Crippen molar-refractivity contribution >= 4 is 34.1 Å². The summed E-state index contributed by atoms with van der Waals surface area (Å²) in [5.74, 6) is 0.000000000000000222. The third kappa shape index (κ3) is 1.45. The molecule has 9 heavy (non-hydrogen) atoms. The van der Waals surface area contributed by atoms with Gasteiger partial charge in [-0.05, 0) is 0 Å². The zero-order chi connectivity index (χ0) is 6.69. The summed E-state index contributed by atoms with van der Waals surface area (Å²) >= 11 is 3.03. The lowest BCUT2D eigenvalue weighted by Gasteiger charge is -1.96. The molecule has 1 aliphatic rings. The van der Waals surface area contributed by atoms with Crippen LogP contribution in [0.15, 0.2) is 9.98 Å². The average Bonchev–Trinajstić information content (AvgIpc) is 2.37. The van der Waals surface area contributed by atoms with Gasteiger partial charge in [0.2, 0.25) is 0 Å². The summed E-state index contributed by atoms with van der Waals surface area (Å²) < 4.78 is 0. The molecule has 48 valence electrons. The number of halogens is 1. The summed E-state index contributed by atoms with van der Waals surface area (Å²) in [4.78, 5) is 18.3. The molecule has 0 unspecified atom stereocenters. The fourth-order valence-electron chi connectivity index (χ4n) is 0.514. The predicted molar refractivity (Wildman–Crippen MR) is 39.6 cm³/mol. The summed E-state index contributed by atoms with van der Waals surface area (Å²) in [6, 6.07) is 0. The monoisotopic (exact) mass is 188 g/mol. The maximum atomic E-state index is 10.7. The van der Waals surface area contributed by atoms with Crippen LogP contribution in [0.1, 0.15) is 0 Å². The number of nitrogens with zero attached hydrogens (tertiary/aromatic N) is 2. The van der Waals surface area contributed by atoms with Crippen molar-refractivity contribution in [2.24, 2.45) is 9.98 Å². The fourth-order valence-corrected chi connectivity index (χ4v) is 0.803. The number of aliphatic imine (C=N–C) groups is 2. The third-order valence-electron chi connectivity index (χ3n) is 0.941. The number of carbonyl (C=O) groups is 1. The summed E-state index contributed by atoms with van der Waals surface area (Å²) in [6.45, 7) is 0. The highest BCUT2D eigenvalue weighted by Gasteiger charge is 2.14. The first kappa shape index (κ1) is 6.61. The summed E-state index contributed by atoms with van der Waals surface area (Å²) in [5, 5.41) is 0.326. The number of alkyl halides is 1. The Morgan fingerprint density at radius 3 is 2.56 bits per heavy atom. The zero-order valence-electron chi connectivity index (χ0n) is 4.62. The zero-order valence-corrected chi connectivity index (χ0v) is 6.21. The standard InChI is InChI=1S/C5H5BrN2O/c6-3-4(9)5-7-1-2-8-5/h1-2,5H,3H2. The Morgan fingerprint density at radius 2 is 2.11 bits per heavy atom. The molecule has 1 aliphatic heterocycles. The molecule has 0 saturated heterocycles. The number of hydrogen-bond donors (Lipinski definition) is 0. The van der Waals surface area contributed by atoms with E-state index in [1.165, 1.54) is 12.4 Å². The largest absolute Gasteiger partial charge is 0.294 e. The second-order valence-electron chi connectivity index (χ2n) is 1.57. The molecule has 0 aromatic heterocycles. The van der Waals surface area contributed by atoms with Gasteiger partial charge >= 0.3 is 0 Å². The van der Waals surface area contributed by atoms with E-state index in [-0.39, 0.29) is 5.78 Å². The molecule has 3 nitrogen and oxygen atoms in total. The molecule has 0 saturated carbocycles. The van der Waals surface area contributed by atoms with Gasteiger partial charge in [-0.15, -0.1) is 0 Å². The van der Waals surface area contributed by atoms with E-state index in [9.17, 15) is 4.79 Å². The second kappa shape index (κ2) is 2.87. The van der Waals surface area contributed by atoms with E-state index in [0.29, 0.717) is 5.33 Å². The SMILES string of the molecule is O=C(CBr)C1N=CC=N1. The van der Waals surface area contributed by atoms with Crippen LogP contribution in [0.4, 0.5) is 0 Å². The molecule has 0 aromatic carbocycles. The van der Waals surface area contributed by atoms with Gasteiger partial charge in [0.1, 0.15) is 0 Å². The average molecular weight is 189 g/mol. The Balaban J connectivity index is 2.53. The molecule has 1 rings (SSSR count). The van der Waals surface area contributed by atoms with Gasteiger partial charge in [-0.25, -0.2) is 0 Å². The molecular weight excluding hydrogens is 184 g/mol. The molecule has 0 spiro atoms. The van der Waals surface area contributed by atoms with Crippen molar-refractivity contribution in [3.63, 3.8) is 0 Å². The lowest BCUT2D eigenvalue weighted by molar-refractivity contribution is -0.117. The smallest absolute Gasteiger partial charge is 0.198 e. The van der Waals surface area contributed by atoms with E-state index >= 15 is 0 Å². The van der Waals surface area contributed by atoms with Gasteiger partial charge in [-0.1, -0.05) is 15.9 Å². The molecule has 0 atom stereocenters. The quantitative estimate of drug-likeness (QED) is 0.580. The fraction of sp³-hybridized carbons (Fsp3) is 0.400. The molecule has 1 heterocycles. The van der Waals surface area contributed by atoms with Gasteiger partial charge in [-0.2, -0.15) is 0 Å². The van der Waals surface area contributed by atoms with Crippen LogP contribution in [-0.2, 0) is 4.79 Å². The minimum Gasteiger partial charge on any atom is -0.294 e. The summed E-state index contributed by atoms with van der Waals surface area (Å²) in [7, 11) is 0. The minimum absolute atomic E-state index is 0.000000000000000222. The van der Waals surface area contributed by atoms with Crippen molar-refractivity contribution in [3.8, 4) is 0 Å². The third-order valence-corrected chi connectivity index (χ3v) is 1.49. The topological polar surface area (TPSA) is 41.8 Å². The molecule has 0 radical (unpaired) electrons. The maximum absolute atomic E-state index is 10.7. The Morgan fingerprint density at radius 1 is 1.56 bits per heavy atom. The molecule has 0 bridgehead atoms. The first-order chi connectivity index (χ1) is 4.34. The Kier molecular flexibility index (Phi) is 2.10. The Bertz CT molecular complexity index is 164. The van der Waals surface area contributed by atoms with Gasteiger partial charge in [0, 0.05) is 12.4 Å². The van der Waals surface area contributed by atoms with E-state index in [1.807, 2.05) is 0 Å². The van der Waals surface area contributed by atoms with Gasteiger partial charge in [0.05, 0.1) is 5.33 Å². The van der Waals surface area contributed by atoms with Gasteiger partial charge < -0.3 is 0 Å². The van der Waals surface area contributed by atoms with Crippen molar-refractivity contribution in [3.05, 3.63) is 0 Å². The van der Waals surface area contributed by atoms with Crippen LogP contribution in [-0.4, -0.2) is 29.7 Å². The van der Waals surface area contributed by atoms with Crippen LogP contribution in [0.3, 0.4) is 0 Å². The lowest BCUT2D eigenvalue weighted by Crippen LogP contribution is -2.14. The van der Waals surface area contributed by atoms with E-state index in [1.54, 1.807) is 0 Å². The van der Waals surface area contributed by atoms with E-state index in [4.69, 9.17) is 0 Å². The van der Waals surface area contributed by atoms with Crippen molar-refractivity contribution in [2.45, 2.75) is 6.17 Å². The summed E-state index contributed by atoms with van der Waals surface area (Å²) in [6.07, 6.45) is 2.60. The molecule has 4 heteroatoms. The van der Waals surface area contributed by atoms with Crippen molar-refractivity contribution in [1.29, 1.82) is 0 Å². The van der Waals surface area contributed by atoms with Crippen molar-refractivity contribution in [1.82, 2.24) is 0 Å². The van der Waals surface area contributed by atoms with Crippen LogP contribution in [0, 0.1) is 0 Å². The number of rotatable bonds is 2. The molecule has 0 fully saturated rings. The van der Waals surface area contributed by atoms with E-state index in [2.05, 4.69) is 25.9 Å². The lowest BCUT2D eigenvalue weighted by atomic mass is 10.4. The molecular formula is C5H5BrN2O. The number of carbonyl (C=O) groups excluding carboxylic acids is 1. The van der Waals surface area contributed by atoms with Gasteiger partial charge in [0.15, 0.2) is 11.9 Å². The first-order valence-electron chi connectivity index (χ1n) is 2.48. The maximum Gasteiger partial charge on any atom is 0.198 e. The predicted octanol–water partition coefficient (Wildman–Crippen LogP) is 0.432. The van der Waals surface area contributed by atoms with Crippen LogP contribution in [0.5, 0.6) is 0 Å². The van der Waals surface area contributed by atoms with Crippen molar-refractivity contribution < 1.29 is 4.79 Å². The highest BCUT2D eigenvalue weighted by Crippen LogP contribution is 2.00. The summed E-state index contributed by atoms with van der Waals surface area (Å²) in [5.41, 5.74) is 0. The number of hydrogen-bond acceptors (Lipinski definition) is 3. The van der Waals surface area contributed by atoms with Crippen LogP contribution in [0.25, 0.3) is 0 Å². The molecule has 0 aliphatic carbocycles. The molecule has 0 N–H and O–H groups in total. The molecule has 0 amide bonds. The van der Waals surface area contributed by atoms with E-state index < -0.39 is 6.17 Å². The van der Waals surface area contributed by atoms with Gasteiger partial charge in [-0.3, -0.25) is 14.8 Å². The highest BCUT2D eigenvalue weighted by molar-refractivity contribution is 9.09. The normalized spacial score (nSPS) is 17.0. The Labute approximate surface area is 61.0 Å². The van der Waals surface area contributed by atoms with Crippen molar-refractivity contribution in [2.75, 3.05) is 5.33 Å². The minimum atomic E-state index is -0.468. The highest BCUT2D eigenvalue weighted by atomic mass is 79.9. The van der Waals surface area contributed by atoms with Crippen LogP contribution in [0.2, 0.25) is 0 Å². The first-order valence-corrected chi connectivity index (χ1v) is 3.60. The number of Topliss-reactive ketones (excluding diaryl/α,β-unsaturated/α-hetero) is 1. The number of ketones is 1.